The van der Waals surface area contributed by atoms with Crippen molar-refractivity contribution in [3.05, 3.63) is 86.1 Å². The molecule has 0 saturated carbocycles. The van der Waals surface area contributed by atoms with Gasteiger partial charge in [0, 0.05) is 44.7 Å². The van der Waals surface area contributed by atoms with Crippen molar-refractivity contribution in [2.24, 2.45) is 0 Å². The van der Waals surface area contributed by atoms with Crippen LogP contribution in [-0.2, 0) is 20.1 Å². The fourth-order valence-corrected chi connectivity index (χ4v) is 6.13. The summed E-state index contributed by atoms with van der Waals surface area (Å²) in [4.78, 5) is 26.9. The summed E-state index contributed by atoms with van der Waals surface area (Å²) in [7, 11) is 1.81. The third kappa shape index (κ3) is 6.25. The summed E-state index contributed by atoms with van der Waals surface area (Å²) in [6.07, 6.45) is 2.95. The average Bonchev–Trinajstić information content (AvgIpc) is 3.20. The van der Waals surface area contributed by atoms with Crippen LogP contribution in [0.5, 0.6) is 0 Å². The SMILES string of the molecule is C/C=C(C(=O)OCC)/C(CC)=C(NC)/C(CC)=C1\C(=O)Nc2ccc(SCc3c(Cl)cccc3Cl)cc21. The Balaban J connectivity index is 2.10. The highest BCUT2D eigenvalue weighted by atomic mass is 35.5. The van der Waals surface area contributed by atoms with Gasteiger partial charge in [-0.2, -0.15) is 0 Å². The van der Waals surface area contributed by atoms with E-state index in [-0.39, 0.29) is 11.9 Å². The molecule has 196 valence electrons. The number of rotatable bonds is 10. The van der Waals surface area contributed by atoms with Crippen LogP contribution >= 0.6 is 35.0 Å². The topological polar surface area (TPSA) is 67.4 Å². The number of esters is 1. The number of allylic oxidation sites excluding steroid dienone is 2. The number of ether oxygens (including phenoxy) is 1. The van der Waals surface area contributed by atoms with Gasteiger partial charge >= 0.3 is 5.97 Å². The predicted octanol–water partition coefficient (Wildman–Crippen LogP) is 7.79. The molecule has 0 aliphatic carbocycles. The summed E-state index contributed by atoms with van der Waals surface area (Å²) in [5, 5.41) is 7.53. The lowest BCUT2D eigenvalue weighted by Crippen LogP contribution is -2.19. The van der Waals surface area contributed by atoms with Crippen molar-refractivity contribution in [2.45, 2.75) is 51.2 Å². The highest BCUT2D eigenvalue weighted by Gasteiger charge is 2.30. The summed E-state index contributed by atoms with van der Waals surface area (Å²) >= 11 is 14.3. The molecule has 0 radical (unpaired) electrons. The van der Waals surface area contributed by atoms with Crippen molar-refractivity contribution in [3.63, 3.8) is 0 Å². The minimum atomic E-state index is -0.372. The second-order valence-corrected chi connectivity index (χ2v) is 10.1. The molecule has 1 aliphatic rings. The Morgan fingerprint density at radius 1 is 1.11 bits per heavy atom. The molecule has 3 rings (SSSR count). The van der Waals surface area contributed by atoms with Gasteiger partial charge in [-0.15, -0.1) is 11.8 Å². The summed E-state index contributed by atoms with van der Waals surface area (Å²) in [5.74, 6) is 0.0669. The number of benzene rings is 2. The zero-order valence-corrected chi connectivity index (χ0v) is 24.1. The zero-order chi connectivity index (χ0) is 27.1. The average molecular weight is 560 g/mol. The smallest absolute Gasteiger partial charge is 0.338 e. The first kappa shape index (κ1) is 28.9. The normalized spacial score (nSPS) is 15.1. The second-order valence-electron chi connectivity index (χ2n) is 8.24. The Bertz CT molecular complexity index is 1280. The zero-order valence-electron chi connectivity index (χ0n) is 21.8. The molecule has 0 bridgehead atoms. The number of likely N-dealkylation sites (N-methyl/N-ethyl adjacent to an activating group) is 1. The first-order valence-electron chi connectivity index (χ1n) is 12.3. The third-order valence-electron chi connectivity index (χ3n) is 6.15. The molecule has 1 aliphatic heterocycles. The van der Waals surface area contributed by atoms with E-state index in [1.165, 1.54) is 0 Å². The fourth-order valence-electron chi connectivity index (χ4n) is 4.45. The number of thioether (sulfide) groups is 1. The monoisotopic (exact) mass is 558 g/mol. The van der Waals surface area contributed by atoms with Crippen LogP contribution in [0.1, 0.15) is 51.7 Å². The molecule has 2 aromatic rings. The van der Waals surface area contributed by atoms with Crippen molar-refractivity contribution in [1.82, 2.24) is 5.32 Å². The largest absolute Gasteiger partial charge is 0.462 e. The molecule has 1 amide bonds. The van der Waals surface area contributed by atoms with Crippen LogP contribution in [-0.4, -0.2) is 25.5 Å². The summed E-state index contributed by atoms with van der Waals surface area (Å²) in [6, 6.07) is 11.4. The van der Waals surface area contributed by atoms with Gasteiger partial charge in [-0.05, 0) is 73.7 Å². The van der Waals surface area contributed by atoms with Gasteiger partial charge in [-0.25, -0.2) is 4.79 Å². The minimum Gasteiger partial charge on any atom is -0.462 e. The van der Waals surface area contributed by atoms with Gasteiger partial charge in [-0.1, -0.05) is 49.2 Å². The molecule has 1 heterocycles. The quantitative estimate of drug-likeness (QED) is 0.135. The number of halogens is 2. The van der Waals surface area contributed by atoms with E-state index >= 15 is 0 Å². The number of nitrogens with one attached hydrogen (secondary N) is 2. The van der Waals surface area contributed by atoms with Gasteiger partial charge < -0.3 is 15.4 Å². The number of hydrogen-bond donors (Lipinski definition) is 2. The highest BCUT2D eigenvalue weighted by Crippen LogP contribution is 2.41. The third-order valence-corrected chi connectivity index (χ3v) is 7.88. The van der Waals surface area contributed by atoms with E-state index in [1.54, 1.807) is 24.8 Å². The number of anilines is 1. The van der Waals surface area contributed by atoms with Crippen molar-refractivity contribution in [2.75, 3.05) is 19.0 Å². The van der Waals surface area contributed by atoms with Crippen LogP contribution in [0.25, 0.3) is 5.57 Å². The summed E-state index contributed by atoms with van der Waals surface area (Å²) < 4.78 is 5.30. The first-order valence-corrected chi connectivity index (χ1v) is 14.0. The Hall–Kier alpha value is -2.67. The van der Waals surface area contributed by atoms with E-state index in [2.05, 4.69) is 10.6 Å². The van der Waals surface area contributed by atoms with Crippen molar-refractivity contribution < 1.29 is 14.3 Å². The Morgan fingerprint density at radius 2 is 1.81 bits per heavy atom. The lowest BCUT2D eigenvalue weighted by Gasteiger charge is -2.20. The molecule has 2 aromatic carbocycles. The van der Waals surface area contributed by atoms with Crippen molar-refractivity contribution in [1.29, 1.82) is 0 Å². The molecule has 0 saturated heterocycles. The molecule has 2 N–H and O–H groups in total. The molecule has 0 spiro atoms. The van der Waals surface area contributed by atoms with E-state index in [0.717, 1.165) is 38.6 Å². The van der Waals surface area contributed by atoms with Gasteiger partial charge in [0.1, 0.15) is 0 Å². The standard InChI is InChI=1S/C29H32Cl2N2O3S/c1-6-18(19(7-2)29(35)36-9-4)27(32-5)20(8-3)26-21-15-17(13-14-25(21)33-28(26)34)37-16-22-23(30)11-10-12-24(22)31/h7,10-15,32H,6,8-9,16H2,1-5H3,(H,33,34)/b19-7-,26-20-,27-18-. The molecular formula is C29H32Cl2N2O3S. The summed E-state index contributed by atoms with van der Waals surface area (Å²) in [6.45, 7) is 7.90. The van der Waals surface area contributed by atoms with Gasteiger partial charge in [0.15, 0.2) is 0 Å². The molecular weight excluding hydrogens is 527 g/mol. The number of fused-ring (bicyclic) bond motifs is 1. The predicted molar refractivity (Wildman–Crippen MR) is 155 cm³/mol. The molecule has 0 atom stereocenters. The van der Waals surface area contributed by atoms with E-state index in [0.29, 0.717) is 46.4 Å². The van der Waals surface area contributed by atoms with Gasteiger partial charge in [-0.3, -0.25) is 4.79 Å². The maximum Gasteiger partial charge on any atom is 0.338 e. The molecule has 0 aromatic heterocycles. The van der Waals surface area contributed by atoms with Crippen molar-refractivity contribution in [3.8, 4) is 0 Å². The maximum atomic E-state index is 13.3. The Morgan fingerprint density at radius 3 is 2.38 bits per heavy atom. The van der Waals surface area contributed by atoms with Gasteiger partial charge in [0.05, 0.1) is 17.8 Å². The van der Waals surface area contributed by atoms with Gasteiger partial charge in [0.2, 0.25) is 0 Å². The van der Waals surface area contributed by atoms with Crippen molar-refractivity contribution >= 4 is 58.1 Å². The minimum absolute atomic E-state index is 0.162. The van der Waals surface area contributed by atoms with E-state index in [4.69, 9.17) is 27.9 Å². The molecule has 37 heavy (non-hydrogen) atoms. The Kier molecular flexibility index (Phi) is 10.3. The lowest BCUT2D eigenvalue weighted by molar-refractivity contribution is -0.138. The Labute approximate surface area is 233 Å². The summed E-state index contributed by atoms with van der Waals surface area (Å²) in [5.41, 5.74) is 6.00. The van der Waals surface area contributed by atoms with Crippen LogP contribution in [0.3, 0.4) is 0 Å². The number of carbonyl (C=O) groups is 2. The first-order chi connectivity index (χ1) is 17.8. The number of hydrogen-bond acceptors (Lipinski definition) is 5. The van der Waals surface area contributed by atoms with Crippen LogP contribution < -0.4 is 10.6 Å². The van der Waals surface area contributed by atoms with Crippen LogP contribution in [0, 0.1) is 0 Å². The molecule has 0 fully saturated rings. The lowest BCUT2D eigenvalue weighted by atomic mass is 9.91. The van der Waals surface area contributed by atoms with E-state index < -0.39 is 0 Å². The fraction of sp³-hybridized carbons (Fsp3) is 0.310. The molecule has 5 nitrogen and oxygen atoms in total. The van der Waals surface area contributed by atoms with Crippen LogP contribution in [0.2, 0.25) is 10.0 Å². The van der Waals surface area contributed by atoms with E-state index in [1.807, 2.05) is 64.2 Å². The second kappa shape index (κ2) is 13.2. The van der Waals surface area contributed by atoms with Gasteiger partial charge in [0.25, 0.3) is 5.91 Å². The van der Waals surface area contributed by atoms with Crippen LogP contribution in [0.15, 0.2) is 69.8 Å². The molecule has 0 unspecified atom stereocenters. The van der Waals surface area contributed by atoms with E-state index in [9.17, 15) is 9.59 Å². The van der Waals surface area contributed by atoms with Crippen LogP contribution in [0.4, 0.5) is 5.69 Å². The highest BCUT2D eigenvalue weighted by molar-refractivity contribution is 7.98. The maximum absolute atomic E-state index is 13.3. The molecule has 8 heteroatoms. The number of carbonyl (C=O) groups excluding carboxylic acids is 2. The number of amides is 1.